The predicted molar refractivity (Wildman–Crippen MR) is 27.7 cm³/mol. The molecule has 4 heavy (non-hydrogen) atoms. The smallest absolute Gasteiger partial charge is 0.0719 e. The molecular formula is CH4BPS. The van der Waals surface area contributed by atoms with Crippen LogP contribution < -0.4 is 0 Å². The molecule has 2 unspecified atom stereocenters. The first-order valence-electron chi connectivity index (χ1n) is 2.25. The van der Waals surface area contributed by atoms with Crippen molar-refractivity contribution in [1.82, 2.24) is 0 Å². The number of hydrogen-bond acceptors (Lipinski definition) is 1. The largest absolute Gasteiger partial charge is 0.105 e. The Bertz CT molecular complexity index is 97.1. The highest BCUT2D eigenvalue weighted by atomic mass is 32.4. The van der Waals surface area contributed by atoms with Crippen LogP contribution in [0.3, 0.4) is 0 Å². The molecule has 0 rings (SSSR count). The average Bonchev–Trinajstić information content (AvgIpc) is 1.31. The van der Waals surface area contributed by atoms with Crippen molar-refractivity contribution in [3.63, 3.8) is 0 Å². The third-order valence-corrected chi connectivity index (χ3v) is 0.548. The number of rotatable bonds is 1. The molecule has 0 bridgehead atoms. The highest BCUT2D eigenvalue weighted by Crippen LogP contribution is 1.79. The standard InChI is InChI=1S/CH4BPS/c2-1-3-4/h1,3H2/i1T,3TD. The van der Waals surface area contributed by atoms with Crippen LogP contribution >= 0.6 is 7.25 Å². The lowest BCUT2D eigenvalue weighted by Gasteiger charge is -1.56. The maximum Gasteiger partial charge on any atom is 0.0719 e. The molecule has 0 aromatic heterocycles. The first-order valence-corrected chi connectivity index (χ1v) is 2.75. The van der Waals surface area contributed by atoms with E-state index in [1.165, 1.54) is 0 Å². The SMILES string of the molecule is [2H]P([3H])(=S)C([3H])[B]. The summed E-state index contributed by atoms with van der Waals surface area (Å²) in [4.78, 5) is 0. The van der Waals surface area contributed by atoms with E-state index in [9.17, 15) is 0 Å². The van der Waals surface area contributed by atoms with Crippen molar-refractivity contribution in [2.75, 3.05) is 6.04 Å². The van der Waals surface area contributed by atoms with Crippen molar-refractivity contribution in [1.29, 1.82) is 2.56 Å². The summed E-state index contributed by atoms with van der Waals surface area (Å²) in [7, 11) is 1.85. The normalized spacial score (nSPS) is 41.5. The Labute approximate surface area is 37.8 Å². The fourth-order valence-corrected chi connectivity index (χ4v) is 0. The van der Waals surface area contributed by atoms with E-state index in [-0.39, 0.29) is 0 Å². The molecule has 0 nitrogen and oxygen atoms in total. The summed E-state index contributed by atoms with van der Waals surface area (Å²) >= 11 is 4.24. The van der Waals surface area contributed by atoms with Crippen LogP contribution in [0.5, 0.6) is 0 Å². The fourth-order valence-electron chi connectivity index (χ4n) is 0. The van der Waals surface area contributed by atoms with Crippen LogP contribution in [0.4, 0.5) is 0 Å². The van der Waals surface area contributed by atoms with Gasteiger partial charge in [0.25, 0.3) is 0 Å². The van der Waals surface area contributed by atoms with Gasteiger partial charge in [-0.3, -0.25) is 0 Å². The molecule has 0 aromatic rings. The molecule has 0 fully saturated rings. The zero-order valence-corrected chi connectivity index (χ0v) is 3.72. The van der Waals surface area contributed by atoms with E-state index in [4.69, 9.17) is 11.8 Å². The first-order chi connectivity index (χ1) is 2.94. The van der Waals surface area contributed by atoms with Gasteiger partial charge < -0.3 is 0 Å². The highest BCUT2D eigenvalue weighted by molar-refractivity contribution is 7.96. The van der Waals surface area contributed by atoms with E-state index in [1.807, 2.05) is 0 Å². The summed E-state index contributed by atoms with van der Waals surface area (Å²) in [6, 6.07) is -1.19. The molecule has 3 heteroatoms. The van der Waals surface area contributed by atoms with Gasteiger partial charge >= 0.3 is 0 Å². The van der Waals surface area contributed by atoms with E-state index in [1.54, 1.807) is 0 Å². The maximum atomic E-state index is 6.67. The summed E-state index contributed by atoms with van der Waals surface area (Å²) in [6.45, 7) is 0. The molecule has 0 aliphatic rings. The minimum Gasteiger partial charge on any atom is -0.105 e. The van der Waals surface area contributed by atoms with E-state index < -0.39 is 13.3 Å². The van der Waals surface area contributed by atoms with Crippen LogP contribution in [0.2, 0.25) is 0 Å². The minimum absolute atomic E-state index is 1.19. The first kappa shape index (κ1) is 1.44. The summed E-state index contributed by atoms with van der Waals surface area (Å²) in [5.74, 6) is 0. The zero-order chi connectivity index (χ0) is 6.08. The second-order valence-corrected chi connectivity index (χ2v) is 1.40. The molecule has 0 aliphatic heterocycles. The van der Waals surface area contributed by atoms with Gasteiger partial charge in [0.15, 0.2) is 0 Å². The Balaban J connectivity index is 3.80. The van der Waals surface area contributed by atoms with Crippen LogP contribution in [0.1, 0.15) is 1.37 Å². The lowest BCUT2D eigenvalue weighted by atomic mass is 10.2. The van der Waals surface area contributed by atoms with Gasteiger partial charge in [0.2, 0.25) is 0 Å². The molecule has 2 radical (unpaired) electrons. The van der Waals surface area contributed by atoms with Crippen LogP contribution in [-0.2, 0) is 11.8 Å². The van der Waals surface area contributed by atoms with Crippen LogP contribution in [-0.4, -0.2) is 16.4 Å². The summed E-state index contributed by atoms with van der Waals surface area (Å²) in [6.07, 6.45) is 0. The van der Waals surface area contributed by atoms with Crippen LogP contribution in [0.15, 0.2) is 0 Å². The Morgan fingerprint density at radius 3 is 3.50 bits per heavy atom. The van der Waals surface area contributed by atoms with Crippen molar-refractivity contribution in [3.05, 3.63) is 0 Å². The second kappa shape index (κ2) is 3.71. The molecule has 2 atom stereocenters. The highest BCUT2D eigenvalue weighted by Gasteiger charge is 1.47. The van der Waals surface area contributed by atoms with E-state index >= 15 is 0 Å². The van der Waals surface area contributed by atoms with Gasteiger partial charge in [-0.05, 0) is 0 Å². The summed E-state index contributed by atoms with van der Waals surface area (Å²) in [5, 5.41) is 0. The van der Waals surface area contributed by atoms with Gasteiger partial charge in [-0.2, -0.15) is 0 Å². The van der Waals surface area contributed by atoms with Gasteiger partial charge in [-0.1, -0.05) is 13.3 Å². The lowest BCUT2D eigenvalue weighted by Crippen LogP contribution is -1.54. The Morgan fingerprint density at radius 2 is 3.50 bits per heavy atom. The van der Waals surface area contributed by atoms with Gasteiger partial charge in [0.1, 0.15) is 0 Å². The lowest BCUT2D eigenvalue weighted by molar-refractivity contribution is 2.25. The van der Waals surface area contributed by atoms with Crippen molar-refractivity contribution < 1.29 is 1.37 Å². The van der Waals surface area contributed by atoms with Crippen molar-refractivity contribution >= 4 is 26.9 Å². The van der Waals surface area contributed by atoms with Crippen LogP contribution in [0, 0.1) is 0 Å². The van der Waals surface area contributed by atoms with Gasteiger partial charge in [-0.25, -0.2) is 0 Å². The fraction of sp³-hybridized carbons (Fsp3) is 1.00. The molecule has 0 aromatic carbocycles. The molecule has 0 saturated heterocycles. The zero-order valence-electron chi connectivity index (χ0n) is 5.01. The third-order valence-electron chi connectivity index (χ3n) is 0.0609. The average molecular weight is 94.9 g/mol. The molecule has 0 heterocycles. The van der Waals surface area contributed by atoms with Gasteiger partial charge in [-0.15, -0.1) is 11.8 Å². The predicted octanol–water partition coefficient (Wildman–Crippen LogP) is -0.0149. The van der Waals surface area contributed by atoms with Crippen molar-refractivity contribution in [3.8, 4) is 0 Å². The molecule has 0 N–H and O–H groups in total. The second-order valence-electron chi connectivity index (χ2n) is 0.254. The molecule has 0 saturated carbocycles. The summed E-state index contributed by atoms with van der Waals surface area (Å²) < 4.78 is 19.9. The Kier molecular flexibility index (Phi) is 1.34. The monoisotopic (exact) mass is 95.0 g/mol. The molecule has 0 amide bonds. The third kappa shape index (κ3) is 2.71. The molecule has 22 valence electrons. The van der Waals surface area contributed by atoms with E-state index in [0.29, 0.717) is 0 Å². The Hall–Kier alpha value is 0.715. The number of hydrogen-bond donors (Lipinski definition) is 0. The molecule has 0 spiro atoms. The van der Waals surface area contributed by atoms with Gasteiger partial charge in [0.05, 0.1) is 10.4 Å². The quantitative estimate of drug-likeness (QED) is 0.326. The molecular weight excluding hydrogens is 85.9 g/mol. The van der Waals surface area contributed by atoms with E-state index in [2.05, 4.69) is 11.8 Å². The van der Waals surface area contributed by atoms with Crippen molar-refractivity contribution in [2.24, 2.45) is 0 Å². The van der Waals surface area contributed by atoms with Crippen LogP contribution in [0.25, 0.3) is 0 Å². The van der Waals surface area contributed by atoms with E-state index in [0.717, 1.165) is 0 Å². The summed E-state index contributed by atoms with van der Waals surface area (Å²) in [5.41, 5.74) is 0. The van der Waals surface area contributed by atoms with Gasteiger partial charge in [0, 0.05) is 1.37 Å². The van der Waals surface area contributed by atoms with Crippen molar-refractivity contribution in [2.45, 2.75) is 0 Å². The molecule has 0 aliphatic carbocycles. The Morgan fingerprint density at radius 1 is 3.25 bits per heavy atom. The topological polar surface area (TPSA) is 0 Å². The minimum atomic E-state index is -2.96. The maximum absolute atomic E-state index is 6.67.